The van der Waals surface area contributed by atoms with Crippen LogP contribution in [0.25, 0.3) is 0 Å². The quantitative estimate of drug-likeness (QED) is 0.841. The first-order valence-electron chi connectivity index (χ1n) is 6.33. The zero-order chi connectivity index (χ0) is 13.4. The number of hydrogen-bond donors (Lipinski definition) is 1. The van der Waals surface area contributed by atoms with Gasteiger partial charge in [0.05, 0.1) is 0 Å². The molecule has 1 aromatic rings. The number of rotatable bonds is 1. The van der Waals surface area contributed by atoms with E-state index in [0.717, 1.165) is 41.4 Å². The lowest BCUT2D eigenvalue weighted by molar-refractivity contribution is 0.145. The molecule has 0 radical (unpaired) electrons. The first-order chi connectivity index (χ1) is 9.13. The van der Waals surface area contributed by atoms with Crippen molar-refractivity contribution in [3.8, 4) is 0 Å². The molecule has 1 N–H and O–H groups in total. The summed E-state index contributed by atoms with van der Waals surface area (Å²) in [6.45, 7) is 2.58. The van der Waals surface area contributed by atoms with Crippen LogP contribution >= 0.6 is 0 Å². The summed E-state index contributed by atoms with van der Waals surface area (Å²) in [6, 6.07) is 6.13. The average molecular weight is 280 g/mol. The van der Waals surface area contributed by atoms with Crippen LogP contribution in [-0.4, -0.2) is 44.9 Å². The molecule has 1 aromatic carbocycles. The molecule has 1 saturated heterocycles. The largest absolute Gasteiger partial charge is 0.465 e. The van der Waals surface area contributed by atoms with E-state index in [0.29, 0.717) is 13.1 Å². The van der Waals surface area contributed by atoms with Crippen molar-refractivity contribution in [2.24, 2.45) is 0 Å². The van der Waals surface area contributed by atoms with E-state index in [1.165, 1.54) is 4.90 Å². The monoisotopic (exact) mass is 280 g/mol. The van der Waals surface area contributed by atoms with Crippen LogP contribution in [0.5, 0.6) is 0 Å². The topological polar surface area (TPSA) is 60.9 Å². The maximum Gasteiger partial charge on any atom is 0.407 e. The van der Waals surface area contributed by atoms with Crippen molar-refractivity contribution in [2.45, 2.75) is 13.1 Å². The molecule has 0 bridgehead atoms. The molecule has 0 atom stereocenters. The van der Waals surface area contributed by atoms with Crippen molar-refractivity contribution in [3.05, 3.63) is 29.3 Å². The van der Waals surface area contributed by atoms with Gasteiger partial charge in [-0.15, -0.1) is 0 Å². The van der Waals surface area contributed by atoms with E-state index < -0.39 is 16.9 Å². The van der Waals surface area contributed by atoms with Crippen LogP contribution in [0.15, 0.2) is 18.2 Å². The normalized spacial score (nSPS) is 19.6. The van der Waals surface area contributed by atoms with Crippen LogP contribution in [0.2, 0.25) is 0 Å². The fourth-order valence-corrected chi connectivity index (χ4v) is 3.66. The number of nitrogens with zero attached hydrogens (tertiary/aromatic N) is 2. The number of fused-ring (bicyclic) bond motifs is 1. The van der Waals surface area contributed by atoms with Gasteiger partial charge in [0.15, 0.2) is 0 Å². The lowest BCUT2D eigenvalue weighted by Gasteiger charge is -2.28. The minimum absolute atomic E-state index is 0.471. The van der Waals surface area contributed by atoms with Crippen molar-refractivity contribution < 1.29 is 14.1 Å². The average Bonchev–Trinajstić information content (AvgIpc) is 2.82. The van der Waals surface area contributed by atoms with E-state index >= 15 is 0 Å². The standard InChI is InChI=1S/C13H16N2O3S/c16-13(17)15-8-10-1-2-12(7-11(10)9-15)14-3-5-19(18)6-4-14/h1-2,7H,3-6,8-9H2,(H,16,17). The van der Waals surface area contributed by atoms with Crippen LogP contribution in [0.3, 0.4) is 0 Å². The zero-order valence-electron chi connectivity index (χ0n) is 10.5. The Hall–Kier alpha value is -1.56. The minimum Gasteiger partial charge on any atom is -0.465 e. The Labute approximate surface area is 114 Å². The number of amides is 1. The van der Waals surface area contributed by atoms with E-state index in [2.05, 4.69) is 11.0 Å². The maximum absolute atomic E-state index is 11.4. The summed E-state index contributed by atoms with van der Waals surface area (Å²) in [5.41, 5.74) is 3.29. The predicted molar refractivity (Wildman–Crippen MR) is 73.8 cm³/mol. The number of hydrogen-bond acceptors (Lipinski definition) is 3. The summed E-state index contributed by atoms with van der Waals surface area (Å²) < 4.78 is 11.4. The lowest BCUT2D eigenvalue weighted by atomic mass is 10.1. The van der Waals surface area contributed by atoms with Gasteiger partial charge in [-0.1, -0.05) is 6.07 Å². The second-order valence-electron chi connectivity index (χ2n) is 4.93. The molecule has 1 fully saturated rings. The molecule has 3 rings (SSSR count). The van der Waals surface area contributed by atoms with E-state index in [4.69, 9.17) is 5.11 Å². The summed E-state index contributed by atoms with van der Waals surface area (Å²) >= 11 is 0. The highest BCUT2D eigenvalue weighted by Gasteiger charge is 2.24. The highest BCUT2D eigenvalue weighted by atomic mass is 32.2. The Bertz CT molecular complexity index is 537. The van der Waals surface area contributed by atoms with Crippen molar-refractivity contribution in [1.82, 2.24) is 4.90 Å². The minimum atomic E-state index is -0.869. The Balaban J connectivity index is 1.78. The van der Waals surface area contributed by atoms with Gasteiger partial charge in [-0.2, -0.15) is 0 Å². The molecule has 0 unspecified atom stereocenters. The first-order valence-corrected chi connectivity index (χ1v) is 7.82. The van der Waals surface area contributed by atoms with Crippen molar-refractivity contribution in [1.29, 1.82) is 0 Å². The van der Waals surface area contributed by atoms with Gasteiger partial charge in [-0.05, 0) is 23.3 Å². The molecule has 2 aliphatic heterocycles. The molecule has 5 nitrogen and oxygen atoms in total. The van der Waals surface area contributed by atoms with E-state index in [1.807, 2.05) is 12.1 Å². The van der Waals surface area contributed by atoms with E-state index in [9.17, 15) is 9.00 Å². The molecule has 0 aliphatic carbocycles. The summed E-state index contributed by atoms with van der Waals surface area (Å²) in [5, 5.41) is 9.01. The second kappa shape index (κ2) is 4.85. The van der Waals surface area contributed by atoms with Gasteiger partial charge in [0.25, 0.3) is 0 Å². The summed E-state index contributed by atoms with van der Waals surface area (Å²) in [7, 11) is -0.673. The maximum atomic E-state index is 11.4. The Morgan fingerprint density at radius 2 is 1.84 bits per heavy atom. The third kappa shape index (κ3) is 2.45. The van der Waals surface area contributed by atoms with Crippen molar-refractivity contribution in [3.63, 3.8) is 0 Å². The van der Waals surface area contributed by atoms with Gasteiger partial charge in [0.1, 0.15) is 0 Å². The van der Waals surface area contributed by atoms with Gasteiger partial charge in [0.2, 0.25) is 0 Å². The van der Waals surface area contributed by atoms with Gasteiger partial charge in [-0.25, -0.2) is 4.79 Å². The lowest BCUT2D eigenvalue weighted by Crippen LogP contribution is -2.37. The Morgan fingerprint density at radius 3 is 2.53 bits per heavy atom. The molecule has 0 saturated carbocycles. The van der Waals surface area contributed by atoms with Gasteiger partial charge in [-0.3, -0.25) is 9.11 Å². The zero-order valence-corrected chi connectivity index (χ0v) is 11.4. The molecule has 2 heterocycles. The fourth-order valence-electron chi connectivity index (χ4n) is 2.61. The number of carboxylic acid groups (broad SMARTS) is 1. The van der Waals surface area contributed by atoms with E-state index in [1.54, 1.807) is 0 Å². The predicted octanol–water partition coefficient (Wildman–Crippen LogP) is 1.25. The Morgan fingerprint density at radius 1 is 1.16 bits per heavy atom. The van der Waals surface area contributed by atoms with Gasteiger partial charge in [0, 0.05) is 54.2 Å². The van der Waals surface area contributed by atoms with Crippen LogP contribution in [0, 0.1) is 0 Å². The molecule has 0 aromatic heterocycles. The molecule has 2 aliphatic rings. The van der Waals surface area contributed by atoms with Crippen molar-refractivity contribution >= 4 is 22.6 Å². The van der Waals surface area contributed by atoms with Crippen LogP contribution in [0.4, 0.5) is 10.5 Å². The van der Waals surface area contributed by atoms with Crippen molar-refractivity contribution in [2.75, 3.05) is 29.5 Å². The summed E-state index contributed by atoms with van der Waals surface area (Å²) in [6.07, 6.45) is -0.869. The highest BCUT2D eigenvalue weighted by Crippen LogP contribution is 2.27. The van der Waals surface area contributed by atoms with E-state index in [-0.39, 0.29) is 0 Å². The molecule has 6 heteroatoms. The molecule has 0 spiro atoms. The third-order valence-corrected chi connectivity index (χ3v) is 5.00. The van der Waals surface area contributed by atoms with Gasteiger partial charge < -0.3 is 10.0 Å². The number of anilines is 1. The Kier molecular flexibility index (Phi) is 3.18. The number of benzene rings is 1. The molecule has 1 amide bonds. The summed E-state index contributed by atoms with van der Waals surface area (Å²) in [5.74, 6) is 1.44. The molecule has 19 heavy (non-hydrogen) atoms. The number of carbonyl (C=O) groups is 1. The third-order valence-electron chi connectivity index (χ3n) is 3.73. The van der Waals surface area contributed by atoms with Gasteiger partial charge >= 0.3 is 6.09 Å². The smallest absolute Gasteiger partial charge is 0.407 e. The SMILES string of the molecule is O=C(O)N1Cc2ccc(N3CCS(=O)CC3)cc2C1. The molecular formula is C13H16N2O3S. The van der Waals surface area contributed by atoms with Crippen LogP contribution in [0.1, 0.15) is 11.1 Å². The second-order valence-corrected chi connectivity index (χ2v) is 6.62. The molecule has 102 valence electrons. The fraction of sp³-hybridized carbons (Fsp3) is 0.462. The van der Waals surface area contributed by atoms with Crippen LogP contribution in [-0.2, 0) is 23.9 Å². The molecular weight excluding hydrogens is 264 g/mol. The highest BCUT2D eigenvalue weighted by molar-refractivity contribution is 7.85. The first kappa shape index (κ1) is 12.5. The van der Waals surface area contributed by atoms with Crippen LogP contribution < -0.4 is 4.90 Å². The summed E-state index contributed by atoms with van der Waals surface area (Å²) in [4.78, 5) is 14.6.